The van der Waals surface area contributed by atoms with E-state index in [1.54, 1.807) is 0 Å². The van der Waals surface area contributed by atoms with Gasteiger partial charge in [-0.25, -0.2) is 0 Å². The van der Waals surface area contributed by atoms with Crippen LogP contribution in [0.3, 0.4) is 0 Å². The maximum absolute atomic E-state index is 5.50. The first-order valence-corrected chi connectivity index (χ1v) is 8.94. The molecule has 3 aromatic carbocycles. The summed E-state index contributed by atoms with van der Waals surface area (Å²) >= 11 is 5.50. The molecule has 0 aromatic heterocycles. The minimum absolute atomic E-state index is 0.605. The number of thiocarbonyl (C=S) groups is 1. The van der Waals surface area contributed by atoms with E-state index in [1.807, 2.05) is 24.3 Å². The molecule has 0 bridgehead atoms. The third-order valence-corrected chi connectivity index (χ3v) is 4.30. The fourth-order valence-electron chi connectivity index (χ4n) is 2.77. The van der Waals surface area contributed by atoms with Crippen LogP contribution in [0.5, 0.6) is 0 Å². The maximum Gasteiger partial charge on any atom is 0.175 e. The lowest BCUT2D eigenvalue weighted by atomic mass is 10.0. The Morgan fingerprint density at radius 2 is 1.52 bits per heavy atom. The Morgan fingerprint density at radius 3 is 2.32 bits per heavy atom. The van der Waals surface area contributed by atoms with Gasteiger partial charge in [-0.2, -0.15) is 0 Å². The van der Waals surface area contributed by atoms with Gasteiger partial charge in [-0.1, -0.05) is 67.6 Å². The van der Waals surface area contributed by atoms with Gasteiger partial charge in [0.15, 0.2) is 5.11 Å². The molecule has 0 aliphatic rings. The highest BCUT2D eigenvalue weighted by molar-refractivity contribution is 7.80. The monoisotopic (exact) mass is 346 g/mol. The molecule has 0 spiro atoms. The molecule has 0 aliphatic carbocycles. The molecule has 0 amide bonds. The van der Waals surface area contributed by atoms with Crippen molar-refractivity contribution in [2.75, 3.05) is 10.6 Å². The van der Waals surface area contributed by atoms with E-state index >= 15 is 0 Å². The van der Waals surface area contributed by atoms with Crippen molar-refractivity contribution >= 4 is 28.7 Å². The summed E-state index contributed by atoms with van der Waals surface area (Å²) in [7, 11) is 0. The molecule has 3 rings (SSSR count). The summed E-state index contributed by atoms with van der Waals surface area (Å²) in [5.41, 5.74) is 5.84. The molecule has 2 nitrogen and oxygen atoms in total. The topological polar surface area (TPSA) is 24.1 Å². The Bertz CT molecular complexity index is 843. The van der Waals surface area contributed by atoms with E-state index in [0.717, 1.165) is 24.2 Å². The Hall–Kier alpha value is -2.65. The van der Waals surface area contributed by atoms with Crippen LogP contribution in [0.2, 0.25) is 0 Å². The summed E-state index contributed by atoms with van der Waals surface area (Å²) in [6.45, 7) is 2.15. The quantitative estimate of drug-likeness (QED) is 0.584. The standard InChI is InChI=1S/C22H22N2S/c1-2-17-11-8-13-20(16-17)23-22(25)24-21-14-7-6-12-19(21)15-18-9-4-3-5-10-18/h3-14,16H,2,15H2,1H3,(H2,23,24,25). The van der Waals surface area contributed by atoms with Gasteiger partial charge in [0.2, 0.25) is 0 Å². The summed E-state index contributed by atoms with van der Waals surface area (Å²) in [6.07, 6.45) is 1.88. The molecule has 3 heteroatoms. The van der Waals surface area contributed by atoms with Gasteiger partial charge in [0.05, 0.1) is 0 Å². The van der Waals surface area contributed by atoms with Crippen LogP contribution in [-0.4, -0.2) is 5.11 Å². The first-order valence-electron chi connectivity index (χ1n) is 8.53. The second-order valence-electron chi connectivity index (χ2n) is 5.95. The summed E-state index contributed by atoms with van der Waals surface area (Å²) in [5, 5.41) is 7.22. The molecule has 0 saturated carbocycles. The average molecular weight is 346 g/mol. The summed E-state index contributed by atoms with van der Waals surface area (Å²) < 4.78 is 0. The number of para-hydroxylation sites is 1. The molecule has 25 heavy (non-hydrogen) atoms. The summed E-state index contributed by atoms with van der Waals surface area (Å²) in [6, 6.07) is 27.1. The van der Waals surface area contributed by atoms with Crippen molar-refractivity contribution in [1.29, 1.82) is 0 Å². The minimum atomic E-state index is 0.605. The van der Waals surface area contributed by atoms with Gasteiger partial charge in [-0.15, -0.1) is 0 Å². The van der Waals surface area contributed by atoms with Crippen LogP contribution < -0.4 is 10.6 Å². The van der Waals surface area contributed by atoms with Crippen LogP contribution in [0, 0.1) is 0 Å². The van der Waals surface area contributed by atoms with Gasteiger partial charge >= 0.3 is 0 Å². The van der Waals surface area contributed by atoms with E-state index in [0.29, 0.717) is 5.11 Å². The van der Waals surface area contributed by atoms with Crippen molar-refractivity contribution in [3.8, 4) is 0 Å². The Kier molecular flexibility index (Phi) is 5.81. The lowest BCUT2D eigenvalue weighted by Gasteiger charge is -2.15. The highest BCUT2D eigenvalue weighted by Gasteiger charge is 2.05. The van der Waals surface area contributed by atoms with Gasteiger partial charge < -0.3 is 10.6 Å². The van der Waals surface area contributed by atoms with Crippen molar-refractivity contribution in [1.82, 2.24) is 0 Å². The maximum atomic E-state index is 5.50. The summed E-state index contributed by atoms with van der Waals surface area (Å²) in [5.74, 6) is 0. The second-order valence-corrected chi connectivity index (χ2v) is 6.36. The minimum Gasteiger partial charge on any atom is -0.332 e. The molecule has 126 valence electrons. The molecule has 2 N–H and O–H groups in total. The van der Waals surface area contributed by atoms with Crippen molar-refractivity contribution < 1.29 is 0 Å². The Labute approximate surface area is 154 Å². The number of aryl methyl sites for hydroxylation is 1. The van der Waals surface area contributed by atoms with Crippen LogP contribution in [0.1, 0.15) is 23.6 Å². The lowest BCUT2D eigenvalue weighted by molar-refractivity contribution is 1.14. The first-order chi connectivity index (χ1) is 12.2. The molecule has 0 heterocycles. The Balaban J connectivity index is 1.71. The van der Waals surface area contributed by atoms with Crippen molar-refractivity contribution in [3.63, 3.8) is 0 Å². The molecule has 0 radical (unpaired) electrons. The molecular formula is C22H22N2S. The van der Waals surface area contributed by atoms with E-state index in [-0.39, 0.29) is 0 Å². The van der Waals surface area contributed by atoms with Crippen LogP contribution in [0.4, 0.5) is 11.4 Å². The zero-order chi connectivity index (χ0) is 17.5. The SMILES string of the molecule is CCc1cccc(NC(=S)Nc2ccccc2Cc2ccccc2)c1. The van der Waals surface area contributed by atoms with Gasteiger partial charge in [0, 0.05) is 11.4 Å². The zero-order valence-corrected chi connectivity index (χ0v) is 15.1. The molecule has 3 aromatic rings. The van der Waals surface area contributed by atoms with E-state index < -0.39 is 0 Å². The van der Waals surface area contributed by atoms with Gasteiger partial charge in [-0.3, -0.25) is 0 Å². The fraction of sp³-hybridized carbons (Fsp3) is 0.136. The van der Waals surface area contributed by atoms with Gasteiger partial charge in [-0.05, 0) is 59.9 Å². The third kappa shape index (κ3) is 4.91. The van der Waals surface area contributed by atoms with Crippen LogP contribution in [0.25, 0.3) is 0 Å². The number of benzene rings is 3. The van der Waals surface area contributed by atoms with Crippen LogP contribution >= 0.6 is 12.2 Å². The first kappa shape index (κ1) is 17.2. The number of rotatable bonds is 5. The molecule has 0 aliphatic heterocycles. The largest absolute Gasteiger partial charge is 0.332 e. The molecule has 0 unspecified atom stereocenters. The van der Waals surface area contributed by atoms with E-state index in [4.69, 9.17) is 12.2 Å². The summed E-state index contributed by atoms with van der Waals surface area (Å²) in [4.78, 5) is 0. The lowest BCUT2D eigenvalue weighted by Crippen LogP contribution is -2.20. The fourth-order valence-corrected chi connectivity index (χ4v) is 2.99. The van der Waals surface area contributed by atoms with E-state index in [2.05, 4.69) is 72.2 Å². The Morgan fingerprint density at radius 1 is 0.800 bits per heavy atom. The highest BCUT2D eigenvalue weighted by Crippen LogP contribution is 2.20. The second kappa shape index (κ2) is 8.45. The van der Waals surface area contributed by atoms with Crippen LogP contribution in [0.15, 0.2) is 78.9 Å². The highest BCUT2D eigenvalue weighted by atomic mass is 32.1. The number of nitrogens with one attached hydrogen (secondary N) is 2. The van der Waals surface area contributed by atoms with Crippen LogP contribution in [-0.2, 0) is 12.8 Å². The average Bonchev–Trinajstić information content (AvgIpc) is 2.64. The van der Waals surface area contributed by atoms with E-state index in [1.165, 1.54) is 16.7 Å². The zero-order valence-electron chi connectivity index (χ0n) is 14.3. The smallest absolute Gasteiger partial charge is 0.175 e. The van der Waals surface area contributed by atoms with Crippen molar-refractivity contribution in [3.05, 3.63) is 95.6 Å². The predicted octanol–water partition coefficient (Wildman–Crippen LogP) is 5.65. The molecule has 0 atom stereocenters. The van der Waals surface area contributed by atoms with E-state index in [9.17, 15) is 0 Å². The molecule has 0 fully saturated rings. The molecule has 0 saturated heterocycles. The third-order valence-electron chi connectivity index (χ3n) is 4.10. The van der Waals surface area contributed by atoms with Crippen molar-refractivity contribution in [2.24, 2.45) is 0 Å². The normalized spacial score (nSPS) is 10.3. The number of hydrogen-bond acceptors (Lipinski definition) is 1. The van der Waals surface area contributed by atoms with Gasteiger partial charge in [0.25, 0.3) is 0 Å². The predicted molar refractivity (Wildman–Crippen MR) is 111 cm³/mol. The van der Waals surface area contributed by atoms with Crippen molar-refractivity contribution in [2.45, 2.75) is 19.8 Å². The number of hydrogen-bond donors (Lipinski definition) is 2. The number of anilines is 2. The molecular weight excluding hydrogens is 324 g/mol. The van der Waals surface area contributed by atoms with Gasteiger partial charge in [0.1, 0.15) is 0 Å².